The highest BCUT2D eigenvalue weighted by Gasteiger charge is 2.19. The number of rotatable bonds is 6. The average Bonchev–Trinajstić information content (AvgIpc) is 3.06. The van der Waals surface area contributed by atoms with Crippen LogP contribution in [-0.4, -0.2) is 27.1 Å². The molecule has 3 N–H and O–H groups in total. The molecule has 0 aliphatic carbocycles. The number of aromatic amines is 1. The molecule has 4 rings (SSSR count). The van der Waals surface area contributed by atoms with Crippen LogP contribution in [0, 0.1) is 5.82 Å². The predicted molar refractivity (Wildman–Crippen MR) is 102 cm³/mol. The Morgan fingerprint density at radius 1 is 1.11 bits per heavy atom. The molecular formula is C21H18FN3O2. The zero-order valence-corrected chi connectivity index (χ0v) is 14.4. The van der Waals surface area contributed by atoms with Crippen LogP contribution in [0.1, 0.15) is 11.4 Å². The van der Waals surface area contributed by atoms with Gasteiger partial charge in [-0.05, 0) is 40.6 Å². The van der Waals surface area contributed by atoms with Crippen molar-refractivity contribution in [2.24, 2.45) is 0 Å². The summed E-state index contributed by atoms with van der Waals surface area (Å²) in [5.41, 5.74) is 2.18. The number of nitrogens with one attached hydrogen (secondary N) is 2. The van der Waals surface area contributed by atoms with E-state index in [1.165, 1.54) is 12.1 Å². The number of nitrogens with zero attached hydrogens (tertiary/aromatic N) is 1. The second-order valence-electron chi connectivity index (χ2n) is 6.50. The van der Waals surface area contributed by atoms with Crippen molar-refractivity contribution < 1.29 is 14.3 Å². The summed E-state index contributed by atoms with van der Waals surface area (Å²) in [5.74, 6) is -0.807. The van der Waals surface area contributed by atoms with Gasteiger partial charge in [0, 0.05) is 13.0 Å². The molecule has 136 valence electrons. The number of benzene rings is 3. The van der Waals surface area contributed by atoms with E-state index in [0.717, 1.165) is 16.3 Å². The Morgan fingerprint density at radius 3 is 2.74 bits per heavy atom. The Balaban J connectivity index is 1.49. The van der Waals surface area contributed by atoms with Gasteiger partial charge >= 0.3 is 5.97 Å². The molecule has 6 heteroatoms. The number of aliphatic carboxylic acids is 1. The van der Waals surface area contributed by atoms with E-state index in [9.17, 15) is 14.3 Å². The lowest BCUT2D eigenvalue weighted by molar-refractivity contribution is -0.139. The molecule has 0 unspecified atom stereocenters. The van der Waals surface area contributed by atoms with Crippen LogP contribution in [0.5, 0.6) is 0 Å². The molecule has 0 saturated heterocycles. The normalized spacial score (nSPS) is 12.5. The summed E-state index contributed by atoms with van der Waals surface area (Å²) in [6.45, 7) is 0.427. The number of fused-ring (bicyclic) bond motifs is 2. The van der Waals surface area contributed by atoms with Gasteiger partial charge in [-0.1, -0.05) is 36.4 Å². The Bertz CT molecular complexity index is 1120. The number of hydrogen-bond acceptors (Lipinski definition) is 3. The van der Waals surface area contributed by atoms with Crippen molar-refractivity contribution in [2.45, 2.75) is 19.0 Å². The summed E-state index contributed by atoms with van der Waals surface area (Å²) < 4.78 is 13.3. The van der Waals surface area contributed by atoms with Gasteiger partial charge in [0.1, 0.15) is 17.7 Å². The number of hydrogen-bond donors (Lipinski definition) is 3. The third kappa shape index (κ3) is 3.80. The molecule has 27 heavy (non-hydrogen) atoms. The van der Waals surface area contributed by atoms with Crippen LogP contribution in [-0.2, 0) is 17.8 Å². The largest absolute Gasteiger partial charge is 0.480 e. The Hall–Kier alpha value is -3.25. The van der Waals surface area contributed by atoms with Crippen molar-refractivity contribution in [2.75, 3.05) is 0 Å². The van der Waals surface area contributed by atoms with Gasteiger partial charge in [-0.3, -0.25) is 10.1 Å². The second kappa shape index (κ2) is 7.17. The second-order valence-corrected chi connectivity index (χ2v) is 6.50. The van der Waals surface area contributed by atoms with E-state index in [1.807, 2.05) is 42.5 Å². The molecular weight excluding hydrogens is 345 g/mol. The fraction of sp³-hybridized carbons (Fsp3) is 0.143. The van der Waals surface area contributed by atoms with E-state index in [4.69, 9.17) is 0 Å². The summed E-state index contributed by atoms with van der Waals surface area (Å²) in [6, 6.07) is 17.5. The average molecular weight is 363 g/mol. The first kappa shape index (κ1) is 17.2. The highest BCUT2D eigenvalue weighted by molar-refractivity contribution is 5.83. The van der Waals surface area contributed by atoms with Gasteiger partial charge < -0.3 is 10.1 Å². The fourth-order valence-electron chi connectivity index (χ4n) is 3.16. The van der Waals surface area contributed by atoms with Crippen LogP contribution in [0.2, 0.25) is 0 Å². The van der Waals surface area contributed by atoms with Crippen molar-refractivity contribution in [3.8, 4) is 0 Å². The van der Waals surface area contributed by atoms with Crippen molar-refractivity contribution >= 4 is 27.8 Å². The van der Waals surface area contributed by atoms with E-state index >= 15 is 0 Å². The maximum absolute atomic E-state index is 13.3. The van der Waals surface area contributed by atoms with Gasteiger partial charge in [0.05, 0.1) is 11.0 Å². The van der Waals surface area contributed by atoms with Crippen LogP contribution in [0.3, 0.4) is 0 Å². The van der Waals surface area contributed by atoms with Crippen molar-refractivity contribution in [3.63, 3.8) is 0 Å². The Labute approximate surface area is 154 Å². The number of carboxylic acids is 1. The number of imidazole rings is 1. The molecule has 0 fully saturated rings. The summed E-state index contributed by atoms with van der Waals surface area (Å²) in [6.07, 6.45) is 0.180. The smallest absolute Gasteiger partial charge is 0.321 e. The first-order chi connectivity index (χ1) is 13.1. The third-order valence-electron chi connectivity index (χ3n) is 4.56. The molecule has 1 atom stereocenters. The minimum atomic E-state index is -0.956. The van der Waals surface area contributed by atoms with Gasteiger partial charge in [-0.2, -0.15) is 0 Å². The first-order valence-electron chi connectivity index (χ1n) is 8.66. The van der Waals surface area contributed by atoms with Gasteiger partial charge in [0.25, 0.3) is 0 Å². The molecule has 1 heterocycles. The van der Waals surface area contributed by atoms with Gasteiger partial charge in [-0.25, -0.2) is 9.37 Å². The third-order valence-corrected chi connectivity index (χ3v) is 4.56. The standard InChI is InChI=1S/C21H18FN3O2/c22-16-7-8-17-18(10-16)25-20(24-17)11-19(21(26)27)23-12-13-5-6-14-3-1-2-4-15(14)9-13/h1-10,19,23H,11-12H2,(H,24,25)(H,26,27)/t19-/m1/s1. The monoisotopic (exact) mass is 363 g/mol. The summed E-state index contributed by atoms with van der Waals surface area (Å²) in [4.78, 5) is 19.0. The summed E-state index contributed by atoms with van der Waals surface area (Å²) >= 11 is 0. The lowest BCUT2D eigenvalue weighted by atomic mass is 10.1. The first-order valence-corrected chi connectivity index (χ1v) is 8.66. The molecule has 3 aromatic carbocycles. The van der Waals surface area contributed by atoms with E-state index in [1.54, 1.807) is 6.07 Å². The minimum absolute atomic E-state index is 0.180. The quantitative estimate of drug-likeness (QED) is 0.489. The van der Waals surface area contributed by atoms with Crippen molar-refractivity contribution in [3.05, 3.63) is 77.9 Å². The van der Waals surface area contributed by atoms with Crippen LogP contribution < -0.4 is 5.32 Å². The van der Waals surface area contributed by atoms with Crippen LogP contribution in [0.25, 0.3) is 21.8 Å². The fourth-order valence-corrected chi connectivity index (χ4v) is 3.16. The van der Waals surface area contributed by atoms with Crippen LogP contribution >= 0.6 is 0 Å². The number of H-pyrrole nitrogens is 1. The number of carbonyl (C=O) groups is 1. The van der Waals surface area contributed by atoms with Gasteiger partial charge in [-0.15, -0.1) is 0 Å². The molecule has 1 aromatic heterocycles. The highest BCUT2D eigenvalue weighted by atomic mass is 19.1. The summed E-state index contributed by atoms with van der Waals surface area (Å²) in [7, 11) is 0. The number of halogens is 1. The molecule has 0 aliphatic heterocycles. The van der Waals surface area contributed by atoms with E-state index in [0.29, 0.717) is 23.4 Å². The van der Waals surface area contributed by atoms with Crippen LogP contribution in [0.4, 0.5) is 4.39 Å². The number of aromatic nitrogens is 2. The topological polar surface area (TPSA) is 78.0 Å². The predicted octanol–water partition coefficient (Wildman–Crippen LogP) is 3.64. The van der Waals surface area contributed by atoms with E-state index in [2.05, 4.69) is 15.3 Å². The zero-order chi connectivity index (χ0) is 18.8. The van der Waals surface area contributed by atoms with Crippen LogP contribution in [0.15, 0.2) is 60.7 Å². The summed E-state index contributed by atoms with van der Waals surface area (Å²) in [5, 5.41) is 14.9. The van der Waals surface area contributed by atoms with Gasteiger partial charge in [0.2, 0.25) is 0 Å². The lowest BCUT2D eigenvalue weighted by Crippen LogP contribution is -2.38. The van der Waals surface area contributed by atoms with Crippen molar-refractivity contribution in [1.82, 2.24) is 15.3 Å². The Kier molecular flexibility index (Phi) is 4.56. The minimum Gasteiger partial charge on any atom is -0.480 e. The molecule has 0 bridgehead atoms. The lowest BCUT2D eigenvalue weighted by Gasteiger charge is -2.13. The maximum Gasteiger partial charge on any atom is 0.321 e. The van der Waals surface area contributed by atoms with Gasteiger partial charge in [0.15, 0.2) is 0 Å². The SMILES string of the molecule is O=C(O)[C@@H](Cc1nc2ccc(F)cc2[nH]1)NCc1ccc2ccccc2c1. The zero-order valence-electron chi connectivity index (χ0n) is 14.4. The molecule has 0 aliphatic rings. The molecule has 0 amide bonds. The molecule has 0 spiro atoms. The molecule has 0 saturated carbocycles. The number of carboxylic acid groups (broad SMARTS) is 1. The molecule has 0 radical (unpaired) electrons. The Morgan fingerprint density at radius 2 is 1.93 bits per heavy atom. The maximum atomic E-state index is 13.3. The van der Waals surface area contributed by atoms with E-state index in [-0.39, 0.29) is 12.2 Å². The highest BCUT2D eigenvalue weighted by Crippen LogP contribution is 2.16. The van der Waals surface area contributed by atoms with Crippen molar-refractivity contribution in [1.29, 1.82) is 0 Å². The van der Waals surface area contributed by atoms with E-state index < -0.39 is 12.0 Å². The molecule has 5 nitrogen and oxygen atoms in total. The molecule has 4 aromatic rings.